The number of hydrogen-bond donors (Lipinski definition) is 1. The fourth-order valence-corrected chi connectivity index (χ4v) is 3.72. The number of carbonyl (C=O) groups excluding carboxylic acids is 1. The third-order valence-electron chi connectivity index (χ3n) is 4.81. The molecule has 5 nitrogen and oxygen atoms in total. The van der Waals surface area contributed by atoms with Crippen LogP contribution >= 0.6 is 0 Å². The molecule has 1 amide bonds. The van der Waals surface area contributed by atoms with Crippen molar-refractivity contribution >= 4 is 5.91 Å². The molecule has 0 bridgehead atoms. The van der Waals surface area contributed by atoms with Gasteiger partial charge in [-0.25, -0.2) is 0 Å². The lowest BCUT2D eigenvalue weighted by molar-refractivity contribution is -0.142. The van der Waals surface area contributed by atoms with E-state index in [1.165, 1.54) is 4.68 Å². The van der Waals surface area contributed by atoms with Crippen LogP contribution in [0.4, 0.5) is 13.2 Å². The van der Waals surface area contributed by atoms with Crippen molar-refractivity contribution < 1.29 is 18.0 Å². The van der Waals surface area contributed by atoms with Gasteiger partial charge in [-0.1, -0.05) is 0 Å². The normalized spacial score (nSPS) is 22.2. The maximum absolute atomic E-state index is 13.2. The van der Waals surface area contributed by atoms with Gasteiger partial charge in [-0.2, -0.15) is 18.3 Å². The summed E-state index contributed by atoms with van der Waals surface area (Å²) in [4.78, 5) is 14.4. The van der Waals surface area contributed by atoms with Gasteiger partial charge in [0.15, 0.2) is 5.69 Å². The maximum atomic E-state index is 13.2. The number of likely N-dealkylation sites (tertiary alicyclic amines) is 1. The summed E-state index contributed by atoms with van der Waals surface area (Å²) in [6.07, 6.45) is -0.0301. The molecule has 1 aliphatic carbocycles. The van der Waals surface area contributed by atoms with E-state index in [9.17, 15) is 18.0 Å². The quantitative estimate of drug-likeness (QED) is 0.912. The van der Waals surface area contributed by atoms with Gasteiger partial charge in [-0.05, 0) is 52.1 Å². The molecule has 0 spiro atoms. The SMILES string of the molecule is CN1CCC[C@H](NC(=O)Cn2nc(C(F)(F)F)c3c2CCCC3)C1. The Morgan fingerprint density at radius 2 is 2.04 bits per heavy atom. The summed E-state index contributed by atoms with van der Waals surface area (Å²) in [6.45, 7) is 1.64. The number of nitrogens with one attached hydrogen (secondary N) is 1. The molecule has 2 aliphatic rings. The zero-order valence-corrected chi connectivity index (χ0v) is 13.8. The maximum Gasteiger partial charge on any atom is 0.435 e. The van der Waals surface area contributed by atoms with Crippen LogP contribution in [0.2, 0.25) is 0 Å². The Balaban J connectivity index is 1.72. The highest BCUT2D eigenvalue weighted by atomic mass is 19.4. The number of alkyl halides is 3. The number of fused-ring (bicyclic) bond motifs is 1. The third-order valence-corrected chi connectivity index (χ3v) is 4.81. The van der Waals surface area contributed by atoms with Crippen LogP contribution in [0, 0.1) is 0 Å². The number of halogens is 3. The monoisotopic (exact) mass is 344 g/mol. The van der Waals surface area contributed by atoms with Crippen LogP contribution in [0.5, 0.6) is 0 Å². The molecule has 0 saturated carbocycles. The Labute approximate surface area is 139 Å². The second kappa shape index (κ2) is 6.74. The summed E-state index contributed by atoms with van der Waals surface area (Å²) in [5, 5.41) is 6.66. The lowest BCUT2D eigenvalue weighted by Gasteiger charge is -2.30. The Morgan fingerprint density at radius 3 is 2.75 bits per heavy atom. The van der Waals surface area contributed by atoms with Crippen molar-refractivity contribution in [1.29, 1.82) is 0 Å². The smallest absolute Gasteiger partial charge is 0.350 e. The molecule has 1 aromatic heterocycles. The summed E-state index contributed by atoms with van der Waals surface area (Å²) < 4.78 is 40.7. The van der Waals surface area contributed by atoms with E-state index < -0.39 is 11.9 Å². The van der Waals surface area contributed by atoms with Crippen molar-refractivity contribution in [3.63, 3.8) is 0 Å². The Kier molecular flexibility index (Phi) is 4.85. The van der Waals surface area contributed by atoms with Crippen molar-refractivity contribution in [1.82, 2.24) is 20.0 Å². The summed E-state index contributed by atoms with van der Waals surface area (Å²) in [7, 11) is 2.00. The fourth-order valence-electron chi connectivity index (χ4n) is 3.72. The highest BCUT2D eigenvalue weighted by Gasteiger charge is 2.39. The highest BCUT2D eigenvalue weighted by molar-refractivity contribution is 5.76. The molecule has 0 aromatic carbocycles. The first kappa shape index (κ1) is 17.3. The van der Waals surface area contributed by atoms with Gasteiger partial charge in [0.2, 0.25) is 5.91 Å². The number of amides is 1. The number of hydrogen-bond acceptors (Lipinski definition) is 3. The average molecular weight is 344 g/mol. The molecule has 0 radical (unpaired) electrons. The minimum Gasteiger partial charge on any atom is -0.350 e. The van der Waals surface area contributed by atoms with Crippen LogP contribution < -0.4 is 5.32 Å². The van der Waals surface area contributed by atoms with E-state index in [1.807, 2.05) is 7.05 Å². The largest absolute Gasteiger partial charge is 0.435 e. The molecular weight excluding hydrogens is 321 g/mol. The van der Waals surface area contributed by atoms with Gasteiger partial charge in [-0.15, -0.1) is 0 Å². The van der Waals surface area contributed by atoms with E-state index in [-0.39, 0.29) is 24.1 Å². The van der Waals surface area contributed by atoms with Crippen molar-refractivity contribution in [2.75, 3.05) is 20.1 Å². The van der Waals surface area contributed by atoms with E-state index in [0.717, 1.165) is 38.8 Å². The van der Waals surface area contributed by atoms with E-state index >= 15 is 0 Å². The molecule has 1 saturated heterocycles. The molecule has 2 heterocycles. The lowest BCUT2D eigenvalue weighted by Crippen LogP contribution is -2.47. The molecule has 0 unspecified atom stereocenters. The third kappa shape index (κ3) is 3.74. The molecule has 1 atom stereocenters. The Hall–Kier alpha value is -1.57. The van der Waals surface area contributed by atoms with Crippen molar-refractivity contribution in [3.8, 4) is 0 Å². The minimum absolute atomic E-state index is 0.0599. The van der Waals surface area contributed by atoms with E-state index in [0.29, 0.717) is 18.5 Å². The van der Waals surface area contributed by atoms with Gasteiger partial charge in [0.05, 0.1) is 0 Å². The van der Waals surface area contributed by atoms with Gasteiger partial charge < -0.3 is 10.2 Å². The number of nitrogens with zero attached hydrogens (tertiary/aromatic N) is 3. The number of carbonyl (C=O) groups is 1. The van der Waals surface area contributed by atoms with E-state index in [4.69, 9.17) is 0 Å². The van der Waals surface area contributed by atoms with Gasteiger partial charge in [0.1, 0.15) is 6.54 Å². The first-order valence-electron chi connectivity index (χ1n) is 8.48. The fraction of sp³-hybridized carbons (Fsp3) is 0.750. The molecule has 24 heavy (non-hydrogen) atoms. The van der Waals surface area contributed by atoms with Crippen molar-refractivity contribution in [2.24, 2.45) is 0 Å². The number of aromatic nitrogens is 2. The van der Waals surface area contributed by atoms with E-state index in [2.05, 4.69) is 15.3 Å². The van der Waals surface area contributed by atoms with Gasteiger partial charge in [-0.3, -0.25) is 9.48 Å². The lowest BCUT2D eigenvalue weighted by atomic mass is 9.95. The summed E-state index contributed by atoms with van der Waals surface area (Å²) in [5.74, 6) is -0.264. The molecule has 1 N–H and O–H groups in total. The van der Waals surface area contributed by atoms with Crippen LogP contribution in [0.15, 0.2) is 0 Å². The number of likely N-dealkylation sites (N-methyl/N-ethyl adjacent to an activating group) is 1. The Morgan fingerprint density at radius 1 is 1.29 bits per heavy atom. The topological polar surface area (TPSA) is 50.2 Å². The zero-order valence-electron chi connectivity index (χ0n) is 13.8. The Bertz CT molecular complexity index is 611. The molecule has 1 aliphatic heterocycles. The highest BCUT2D eigenvalue weighted by Crippen LogP contribution is 2.35. The average Bonchev–Trinajstić information content (AvgIpc) is 2.86. The summed E-state index contributed by atoms with van der Waals surface area (Å²) in [5.41, 5.74) is 0.0332. The van der Waals surface area contributed by atoms with Crippen LogP contribution in [-0.2, 0) is 30.4 Å². The zero-order chi connectivity index (χ0) is 17.3. The van der Waals surface area contributed by atoms with Crippen LogP contribution in [0.25, 0.3) is 0 Å². The first-order valence-corrected chi connectivity index (χ1v) is 8.48. The summed E-state index contributed by atoms with van der Waals surface area (Å²) in [6, 6.07) is 0.0599. The molecular formula is C16H23F3N4O. The van der Waals surface area contributed by atoms with E-state index in [1.54, 1.807) is 0 Å². The molecule has 8 heteroatoms. The predicted octanol–water partition coefficient (Wildman–Crippen LogP) is 1.99. The van der Waals surface area contributed by atoms with Crippen molar-refractivity contribution in [2.45, 2.75) is 57.3 Å². The first-order chi connectivity index (χ1) is 11.3. The van der Waals surface area contributed by atoms with Crippen LogP contribution in [0.3, 0.4) is 0 Å². The predicted molar refractivity (Wildman–Crippen MR) is 82.5 cm³/mol. The second-order valence-electron chi connectivity index (χ2n) is 6.81. The molecule has 134 valence electrons. The standard InChI is InChI=1S/C16H23F3N4O/c1-22-8-4-5-11(9-22)20-14(24)10-23-13-7-3-2-6-12(13)15(21-23)16(17,18)19/h11H,2-10H2,1H3,(H,20,24)/t11-/m0/s1. The van der Waals surface area contributed by atoms with Gasteiger partial charge in [0.25, 0.3) is 0 Å². The molecule has 1 fully saturated rings. The van der Waals surface area contributed by atoms with Crippen LogP contribution in [-0.4, -0.2) is 46.8 Å². The second-order valence-corrected chi connectivity index (χ2v) is 6.81. The van der Waals surface area contributed by atoms with Crippen LogP contribution in [0.1, 0.15) is 42.6 Å². The van der Waals surface area contributed by atoms with Gasteiger partial charge >= 0.3 is 6.18 Å². The van der Waals surface area contributed by atoms with Crippen molar-refractivity contribution in [3.05, 3.63) is 17.0 Å². The number of piperidine rings is 1. The number of rotatable bonds is 3. The minimum atomic E-state index is -4.46. The molecule has 3 rings (SSSR count). The van der Waals surface area contributed by atoms with Gasteiger partial charge in [0, 0.05) is 23.8 Å². The summed E-state index contributed by atoms with van der Waals surface area (Å²) >= 11 is 0. The molecule has 1 aromatic rings.